The molecule has 2 aliphatic rings. The number of amides is 2. The van der Waals surface area contributed by atoms with Gasteiger partial charge in [-0.1, -0.05) is 0 Å². The smallest absolute Gasteiger partial charge is 0.317 e. The molecule has 2 amide bonds. The van der Waals surface area contributed by atoms with Gasteiger partial charge in [0, 0.05) is 32.2 Å². The normalized spacial score (nSPS) is 29.1. The zero-order valence-corrected chi connectivity index (χ0v) is 7.58. The third-order valence-corrected chi connectivity index (χ3v) is 2.38. The number of nitrogens with one attached hydrogen (secondary N) is 2. The minimum Gasteiger partial charge on any atom is -0.378 e. The Morgan fingerprint density at radius 1 is 1.54 bits per heavy atom. The minimum absolute atomic E-state index is 0.0485. The average molecular weight is 185 g/mol. The van der Waals surface area contributed by atoms with Crippen LogP contribution in [-0.4, -0.2) is 56.4 Å². The highest BCUT2D eigenvalue weighted by Crippen LogP contribution is 2.01. The molecular weight excluding hydrogens is 170 g/mol. The molecule has 0 aliphatic carbocycles. The molecule has 13 heavy (non-hydrogen) atoms. The van der Waals surface area contributed by atoms with Gasteiger partial charge in [-0.05, 0) is 0 Å². The fourth-order valence-electron chi connectivity index (χ4n) is 1.69. The fraction of sp³-hybridized carbons (Fsp3) is 0.875. The lowest BCUT2D eigenvalue weighted by atomic mass is 10.2. The molecule has 2 heterocycles. The molecular formula is C8H15N3O2. The second-order valence-electron chi connectivity index (χ2n) is 3.40. The number of morpholine rings is 1. The van der Waals surface area contributed by atoms with Crippen LogP contribution in [0.3, 0.4) is 0 Å². The zero-order valence-electron chi connectivity index (χ0n) is 7.58. The first kappa shape index (κ1) is 8.77. The van der Waals surface area contributed by atoms with Crippen LogP contribution in [0.2, 0.25) is 0 Å². The first-order valence-corrected chi connectivity index (χ1v) is 4.70. The van der Waals surface area contributed by atoms with Crippen LogP contribution in [0.25, 0.3) is 0 Å². The molecule has 0 radical (unpaired) electrons. The molecule has 5 heteroatoms. The van der Waals surface area contributed by atoms with Crippen molar-refractivity contribution < 1.29 is 9.53 Å². The van der Waals surface area contributed by atoms with E-state index < -0.39 is 0 Å². The van der Waals surface area contributed by atoms with Gasteiger partial charge in [0.05, 0.1) is 13.2 Å². The molecule has 74 valence electrons. The molecule has 0 aromatic carbocycles. The number of hydrogen-bond acceptors (Lipinski definition) is 3. The van der Waals surface area contributed by atoms with E-state index in [1.54, 1.807) is 0 Å². The van der Waals surface area contributed by atoms with Crippen LogP contribution in [0.15, 0.2) is 0 Å². The van der Waals surface area contributed by atoms with Crippen molar-refractivity contribution in [3.05, 3.63) is 0 Å². The Kier molecular flexibility index (Phi) is 2.65. The Morgan fingerprint density at radius 2 is 2.46 bits per heavy atom. The average Bonchev–Trinajstić information content (AvgIpc) is 2.54. The predicted molar refractivity (Wildman–Crippen MR) is 47.6 cm³/mol. The number of ether oxygens (including phenoxy) is 1. The summed E-state index contributed by atoms with van der Waals surface area (Å²) in [5, 5.41) is 6.10. The summed E-state index contributed by atoms with van der Waals surface area (Å²) in [6, 6.07) is 0.352. The molecule has 5 nitrogen and oxygen atoms in total. The van der Waals surface area contributed by atoms with Crippen molar-refractivity contribution in [2.24, 2.45) is 0 Å². The van der Waals surface area contributed by atoms with Gasteiger partial charge >= 0.3 is 6.03 Å². The first-order valence-electron chi connectivity index (χ1n) is 4.70. The Hall–Kier alpha value is -0.810. The van der Waals surface area contributed by atoms with Gasteiger partial charge in [0.25, 0.3) is 0 Å². The minimum atomic E-state index is 0.0485. The summed E-state index contributed by atoms with van der Waals surface area (Å²) in [5.74, 6) is 0. The van der Waals surface area contributed by atoms with Gasteiger partial charge in [-0.25, -0.2) is 4.79 Å². The maximum atomic E-state index is 11.2. The van der Waals surface area contributed by atoms with Crippen LogP contribution in [0, 0.1) is 0 Å². The molecule has 0 aromatic heterocycles. The monoisotopic (exact) mass is 185 g/mol. The number of urea groups is 1. The molecule has 2 fully saturated rings. The Balaban J connectivity index is 1.79. The quantitative estimate of drug-likeness (QED) is 0.580. The summed E-state index contributed by atoms with van der Waals surface area (Å²) in [5.41, 5.74) is 0. The number of carbonyl (C=O) groups is 1. The molecule has 2 saturated heterocycles. The molecule has 0 saturated carbocycles. The maximum absolute atomic E-state index is 11.2. The van der Waals surface area contributed by atoms with Gasteiger partial charge in [0.15, 0.2) is 0 Å². The summed E-state index contributed by atoms with van der Waals surface area (Å²) in [6.07, 6.45) is 0. The third-order valence-electron chi connectivity index (χ3n) is 2.38. The van der Waals surface area contributed by atoms with E-state index in [9.17, 15) is 4.79 Å². The van der Waals surface area contributed by atoms with Crippen LogP contribution in [0.1, 0.15) is 0 Å². The highest BCUT2D eigenvalue weighted by atomic mass is 16.5. The van der Waals surface area contributed by atoms with E-state index in [0.29, 0.717) is 12.6 Å². The molecule has 1 unspecified atom stereocenters. The molecule has 0 aromatic rings. The summed E-state index contributed by atoms with van der Waals surface area (Å²) >= 11 is 0. The van der Waals surface area contributed by atoms with Crippen molar-refractivity contribution in [2.45, 2.75) is 6.04 Å². The summed E-state index contributed by atoms with van der Waals surface area (Å²) in [4.78, 5) is 13.0. The molecule has 0 bridgehead atoms. The SMILES string of the molecule is O=C1NCCN1CC1COCCN1. The van der Waals surface area contributed by atoms with Gasteiger partial charge in [-0.2, -0.15) is 0 Å². The van der Waals surface area contributed by atoms with Gasteiger partial charge in [-0.3, -0.25) is 0 Å². The summed E-state index contributed by atoms with van der Waals surface area (Å²) < 4.78 is 5.31. The van der Waals surface area contributed by atoms with Crippen molar-refractivity contribution in [1.82, 2.24) is 15.5 Å². The van der Waals surface area contributed by atoms with E-state index in [1.807, 2.05) is 4.90 Å². The largest absolute Gasteiger partial charge is 0.378 e. The molecule has 2 aliphatic heterocycles. The second-order valence-corrected chi connectivity index (χ2v) is 3.40. The lowest BCUT2D eigenvalue weighted by molar-refractivity contribution is 0.0682. The maximum Gasteiger partial charge on any atom is 0.317 e. The number of nitrogens with zero attached hydrogens (tertiary/aromatic N) is 1. The zero-order chi connectivity index (χ0) is 9.10. The topological polar surface area (TPSA) is 53.6 Å². The summed E-state index contributed by atoms with van der Waals surface area (Å²) in [7, 11) is 0. The van der Waals surface area contributed by atoms with E-state index in [4.69, 9.17) is 4.74 Å². The summed E-state index contributed by atoms with van der Waals surface area (Å²) in [6.45, 7) is 4.72. The standard InChI is InChI=1S/C8H15N3O2/c12-8-10-1-3-11(8)5-7-6-13-4-2-9-7/h7,9H,1-6H2,(H,10,12). The van der Waals surface area contributed by atoms with Crippen molar-refractivity contribution in [1.29, 1.82) is 0 Å². The second kappa shape index (κ2) is 3.93. The van der Waals surface area contributed by atoms with Crippen LogP contribution in [-0.2, 0) is 4.74 Å². The van der Waals surface area contributed by atoms with Gasteiger partial charge < -0.3 is 20.3 Å². The number of rotatable bonds is 2. The highest BCUT2D eigenvalue weighted by Gasteiger charge is 2.23. The van der Waals surface area contributed by atoms with Crippen LogP contribution in [0.4, 0.5) is 4.79 Å². The van der Waals surface area contributed by atoms with Gasteiger partial charge in [-0.15, -0.1) is 0 Å². The lowest BCUT2D eigenvalue weighted by Crippen LogP contribution is -2.49. The molecule has 0 spiro atoms. The van der Waals surface area contributed by atoms with Crippen LogP contribution in [0.5, 0.6) is 0 Å². The Labute approximate surface area is 77.4 Å². The van der Waals surface area contributed by atoms with E-state index in [-0.39, 0.29) is 6.03 Å². The van der Waals surface area contributed by atoms with E-state index >= 15 is 0 Å². The van der Waals surface area contributed by atoms with Crippen molar-refractivity contribution in [3.63, 3.8) is 0 Å². The number of carbonyl (C=O) groups excluding carboxylic acids is 1. The Bertz CT molecular complexity index is 192. The van der Waals surface area contributed by atoms with E-state index in [2.05, 4.69) is 10.6 Å². The predicted octanol–water partition coefficient (Wildman–Crippen LogP) is -1.000. The Morgan fingerprint density at radius 3 is 3.08 bits per heavy atom. The number of hydrogen-bond donors (Lipinski definition) is 2. The molecule has 2 N–H and O–H groups in total. The third kappa shape index (κ3) is 2.10. The van der Waals surface area contributed by atoms with Crippen molar-refractivity contribution >= 4 is 6.03 Å². The van der Waals surface area contributed by atoms with Gasteiger partial charge in [0.2, 0.25) is 0 Å². The molecule has 2 rings (SSSR count). The van der Waals surface area contributed by atoms with E-state index in [1.165, 1.54) is 0 Å². The lowest BCUT2D eigenvalue weighted by Gasteiger charge is -2.27. The van der Waals surface area contributed by atoms with Crippen molar-refractivity contribution in [3.8, 4) is 0 Å². The fourth-order valence-corrected chi connectivity index (χ4v) is 1.69. The first-order chi connectivity index (χ1) is 6.36. The highest BCUT2D eigenvalue weighted by molar-refractivity contribution is 5.76. The van der Waals surface area contributed by atoms with Crippen molar-refractivity contribution in [2.75, 3.05) is 39.4 Å². The van der Waals surface area contributed by atoms with E-state index in [0.717, 1.165) is 32.8 Å². The molecule has 1 atom stereocenters. The van der Waals surface area contributed by atoms with Crippen LogP contribution < -0.4 is 10.6 Å². The van der Waals surface area contributed by atoms with Crippen LogP contribution >= 0.6 is 0 Å². The van der Waals surface area contributed by atoms with Gasteiger partial charge in [0.1, 0.15) is 0 Å².